The second kappa shape index (κ2) is 4.87. The zero-order chi connectivity index (χ0) is 14.0. The van der Waals surface area contributed by atoms with Crippen molar-refractivity contribution in [1.29, 1.82) is 5.41 Å². The van der Waals surface area contributed by atoms with E-state index in [1.54, 1.807) is 26.1 Å². The third-order valence-electron chi connectivity index (χ3n) is 3.22. The van der Waals surface area contributed by atoms with Gasteiger partial charge < -0.3 is 15.4 Å². The van der Waals surface area contributed by atoms with Crippen LogP contribution in [0.1, 0.15) is 24.5 Å². The molecule has 4 nitrogen and oxygen atoms in total. The molecule has 1 aliphatic rings. The van der Waals surface area contributed by atoms with Crippen LogP contribution in [0.15, 0.2) is 24.3 Å². The van der Waals surface area contributed by atoms with Crippen LogP contribution in [0.2, 0.25) is 0 Å². The Morgan fingerprint density at radius 1 is 1.53 bits per heavy atom. The lowest BCUT2D eigenvalue weighted by Gasteiger charge is -2.13. The first-order chi connectivity index (χ1) is 8.92. The summed E-state index contributed by atoms with van der Waals surface area (Å²) in [5, 5.41) is 17.7. The van der Waals surface area contributed by atoms with Gasteiger partial charge >= 0.3 is 0 Å². The van der Waals surface area contributed by atoms with E-state index in [1.807, 2.05) is 12.1 Å². The third kappa shape index (κ3) is 2.67. The monoisotopic (exact) mass is 256 g/mol. The fourth-order valence-electron chi connectivity index (χ4n) is 1.98. The van der Waals surface area contributed by atoms with Gasteiger partial charge in [0, 0.05) is 31.3 Å². The summed E-state index contributed by atoms with van der Waals surface area (Å²) in [5.41, 5.74) is 0.373. The lowest BCUT2D eigenvalue weighted by atomic mass is 10.0. The van der Waals surface area contributed by atoms with Gasteiger partial charge in [-0.2, -0.15) is 0 Å². The molecule has 0 spiro atoms. The average Bonchev–Trinajstić information content (AvgIpc) is 2.65. The molecule has 1 aromatic rings. The zero-order valence-electron chi connectivity index (χ0n) is 11.0. The van der Waals surface area contributed by atoms with E-state index in [0.717, 1.165) is 5.56 Å². The number of aliphatic hydroxyl groups is 1. The Morgan fingerprint density at radius 3 is 2.84 bits per heavy atom. The molecule has 2 rings (SSSR count). The topological polar surface area (TPSA) is 64.4 Å². The number of hydrogen-bond acceptors (Lipinski definition) is 3. The number of benzene rings is 1. The van der Waals surface area contributed by atoms with E-state index in [9.17, 15) is 9.90 Å². The maximum atomic E-state index is 11.8. The highest BCUT2D eigenvalue weighted by Gasteiger charge is 2.42. The van der Waals surface area contributed by atoms with Gasteiger partial charge in [0.25, 0.3) is 5.91 Å². The molecule has 98 valence electrons. The molecule has 1 atom stereocenters. The van der Waals surface area contributed by atoms with Crippen molar-refractivity contribution >= 4 is 11.6 Å². The predicted molar refractivity (Wildman–Crippen MR) is 73.0 cm³/mol. The molecule has 19 heavy (non-hydrogen) atoms. The second-order valence-electron chi connectivity index (χ2n) is 4.79. The highest BCUT2D eigenvalue weighted by molar-refractivity contribution is 5.96. The van der Waals surface area contributed by atoms with E-state index < -0.39 is 5.60 Å². The van der Waals surface area contributed by atoms with E-state index in [2.05, 4.69) is 11.8 Å². The van der Waals surface area contributed by atoms with Crippen molar-refractivity contribution in [2.45, 2.75) is 18.9 Å². The molecule has 1 fully saturated rings. The summed E-state index contributed by atoms with van der Waals surface area (Å²) in [7, 11) is 1.65. The van der Waals surface area contributed by atoms with Gasteiger partial charge in [0.15, 0.2) is 0 Å². The lowest BCUT2D eigenvalue weighted by molar-refractivity contribution is -0.137. The quantitative estimate of drug-likeness (QED) is 0.582. The summed E-state index contributed by atoms with van der Waals surface area (Å²) in [6.45, 7) is 2.22. The van der Waals surface area contributed by atoms with E-state index in [1.165, 1.54) is 4.90 Å². The van der Waals surface area contributed by atoms with Crippen LogP contribution in [0.5, 0.6) is 0 Å². The molecule has 1 aliphatic heterocycles. The van der Waals surface area contributed by atoms with E-state index in [0.29, 0.717) is 24.2 Å². The van der Waals surface area contributed by atoms with Crippen molar-refractivity contribution in [3.05, 3.63) is 35.4 Å². The van der Waals surface area contributed by atoms with Crippen molar-refractivity contribution in [3.63, 3.8) is 0 Å². The Balaban J connectivity index is 2.27. The van der Waals surface area contributed by atoms with Crippen LogP contribution < -0.4 is 0 Å². The number of carbonyl (C=O) groups is 1. The van der Waals surface area contributed by atoms with Crippen LogP contribution in [0.4, 0.5) is 0 Å². The minimum Gasteiger partial charge on any atom is -0.369 e. The summed E-state index contributed by atoms with van der Waals surface area (Å²) in [5.74, 6) is 5.15. The summed E-state index contributed by atoms with van der Waals surface area (Å²) < 4.78 is 0. The largest absolute Gasteiger partial charge is 0.369 e. The number of hydrogen-bond donors (Lipinski definition) is 2. The number of nitrogens with one attached hydrogen (secondary N) is 1. The Bertz CT molecular complexity index is 598. The fraction of sp³-hybridized carbons (Fsp3) is 0.333. The molecule has 1 amide bonds. The van der Waals surface area contributed by atoms with Gasteiger partial charge in [0.1, 0.15) is 0 Å². The standard InChI is InChI=1S/C15H16N2O2/c1-11(16)13-5-3-4-12(10-13)6-7-15(19)8-9-17(2)14(15)18/h3-5,10,16,19H,8-9H2,1-2H3/t15-/m0/s1. The van der Waals surface area contributed by atoms with Crippen LogP contribution in [0.3, 0.4) is 0 Å². The van der Waals surface area contributed by atoms with Gasteiger partial charge in [-0.05, 0) is 24.6 Å². The molecule has 0 bridgehead atoms. The number of carbonyl (C=O) groups excluding carboxylic acids is 1. The van der Waals surface area contributed by atoms with Crippen LogP contribution in [-0.2, 0) is 4.79 Å². The maximum Gasteiger partial charge on any atom is 0.267 e. The van der Waals surface area contributed by atoms with Crippen LogP contribution in [0.25, 0.3) is 0 Å². The van der Waals surface area contributed by atoms with Gasteiger partial charge in [-0.15, -0.1) is 0 Å². The highest BCUT2D eigenvalue weighted by atomic mass is 16.3. The number of amides is 1. The summed E-state index contributed by atoms with van der Waals surface area (Å²) in [6.07, 6.45) is 0.332. The first-order valence-corrected chi connectivity index (χ1v) is 6.09. The Kier molecular flexibility index (Phi) is 3.41. The molecule has 1 heterocycles. The molecule has 1 saturated heterocycles. The lowest BCUT2D eigenvalue weighted by Crippen LogP contribution is -2.37. The van der Waals surface area contributed by atoms with Crippen molar-refractivity contribution in [2.75, 3.05) is 13.6 Å². The zero-order valence-corrected chi connectivity index (χ0v) is 11.0. The van der Waals surface area contributed by atoms with Gasteiger partial charge in [0.05, 0.1) is 0 Å². The van der Waals surface area contributed by atoms with Crippen molar-refractivity contribution in [2.24, 2.45) is 0 Å². The van der Waals surface area contributed by atoms with Crippen LogP contribution in [0, 0.1) is 17.3 Å². The Labute approximate surface area is 112 Å². The number of nitrogens with zero attached hydrogens (tertiary/aromatic N) is 1. The summed E-state index contributed by atoms with van der Waals surface area (Å²) >= 11 is 0. The molecule has 0 aromatic heterocycles. The maximum absolute atomic E-state index is 11.8. The molecule has 0 unspecified atom stereocenters. The first kappa shape index (κ1) is 13.3. The van der Waals surface area contributed by atoms with Crippen molar-refractivity contribution in [1.82, 2.24) is 4.90 Å². The van der Waals surface area contributed by atoms with Gasteiger partial charge in [-0.25, -0.2) is 0 Å². The molecular formula is C15H16N2O2. The van der Waals surface area contributed by atoms with Crippen LogP contribution >= 0.6 is 0 Å². The molecular weight excluding hydrogens is 240 g/mol. The molecule has 4 heteroatoms. The smallest absolute Gasteiger partial charge is 0.267 e. The Hall–Kier alpha value is -2.12. The van der Waals surface area contributed by atoms with E-state index >= 15 is 0 Å². The van der Waals surface area contributed by atoms with Crippen molar-refractivity contribution in [3.8, 4) is 11.8 Å². The second-order valence-corrected chi connectivity index (χ2v) is 4.79. The van der Waals surface area contributed by atoms with Gasteiger partial charge in [0.2, 0.25) is 5.60 Å². The molecule has 0 radical (unpaired) electrons. The average molecular weight is 256 g/mol. The predicted octanol–water partition coefficient (Wildman–Crippen LogP) is 1.02. The Morgan fingerprint density at radius 2 is 2.26 bits per heavy atom. The third-order valence-corrected chi connectivity index (χ3v) is 3.22. The molecule has 2 N–H and O–H groups in total. The minimum atomic E-state index is -1.57. The summed E-state index contributed by atoms with van der Waals surface area (Å²) in [4.78, 5) is 13.2. The SMILES string of the molecule is CC(=N)c1cccc(C#C[C@]2(O)CCN(C)C2=O)c1. The first-order valence-electron chi connectivity index (χ1n) is 6.09. The number of likely N-dealkylation sites (tertiary alicyclic amines) is 1. The normalized spacial score (nSPS) is 22.1. The van der Waals surface area contributed by atoms with E-state index in [-0.39, 0.29) is 5.91 Å². The van der Waals surface area contributed by atoms with Gasteiger partial charge in [-0.1, -0.05) is 24.0 Å². The van der Waals surface area contributed by atoms with E-state index in [4.69, 9.17) is 5.41 Å². The number of likely N-dealkylation sites (N-methyl/N-ethyl adjacent to an activating group) is 1. The molecule has 1 aromatic carbocycles. The summed E-state index contributed by atoms with van der Waals surface area (Å²) in [6, 6.07) is 7.22. The number of rotatable bonds is 1. The molecule has 0 aliphatic carbocycles. The minimum absolute atomic E-state index is 0.332. The van der Waals surface area contributed by atoms with Crippen molar-refractivity contribution < 1.29 is 9.90 Å². The highest BCUT2D eigenvalue weighted by Crippen LogP contribution is 2.20. The fourth-order valence-corrected chi connectivity index (χ4v) is 1.98. The molecule has 0 saturated carbocycles. The van der Waals surface area contributed by atoms with Gasteiger partial charge in [-0.3, -0.25) is 4.79 Å². The van der Waals surface area contributed by atoms with Crippen LogP contribution in [-0.4, -0.2) is 40.8 Å².